The van der Waals surface area contributed by atoms with E-state index in [0.29, 0.717) is 30.6 Å². The molecule has 1 saturated heterocycles. The van der Waals surface area contributed by atoms with Gasteiger partial charge in [-0.25, -0.2) is 0 Å². The second-order valence-corrected chi connectivity index (χ2v) is 8.69. The van der Waals surface area contributed by atoms with Gasteiger partial charge in [0, 0.05) is 43.2 Å². The molecule has 3 N–H and O–H groups in total. The second-order valence-electron chi connectivity index (χ2n) is 7.71. The van der Waals surface area contributed by atoms with Crippen molar-refractivity contribution in [2.45, 2.75) is 32.4 Å². The number of thiophene rings is 1. The zero-order chi connectivity index (χ0) is 21.3. The third-order valence-electron chi connectivity index (χ3n) is 5.61. The molecule has 0 radical (unpaired) electrons. The van der Waals surface area contributed by atoms with Crippen molar-refractivity contribution in [1.29, 1.82) is 0 Å². The molecule has 170 valence electrons. The minimum atomic E-state index is -0.0350. The van der Waals surface area contributed by atoms with E-state index in [0.717, 1.165) is 24.6 Å². The van der Waals surface area contributed by atoms with Crippen LogP contribution in [0.3, 0.4) is 0 Å². The maximum atomic E-state index is 11.9. The van der Waals surface area contributed by atoms with Gasteiger partial charge in [0.25, 0.3) is 5.91 Å². The molecule has 0 saturated carbocycles. The van der Waals surface area contributed by atoms with E-state index in [-0.39, 0.29) is 29.9 Å². The molecule has 1 amide bonds. The van der Waals surface area contributed by atoms with E-state index in [2.05, 4.69) is 50.4 Å². The lowest BCUT2D eigenvalue weighted by Gasteiger charge is -2.39. The zero-order valence-corrected chi connectivity index (χ0v) is 21.7. The molecule has 2 aromatic rings. The number of guanidine groups is 1. The molecule has 2 atom stereocenters. The standard InChI is InChI=1S/C23H33N5OS.HI/c1-4-25-22(29)18-11-9-17(10-12-18)15-26-23(24-2)27-16-19-7-5-13-28(3)21(19)20-8-6-14-30-20;/h6,8-12,14,19,21H,4-5,7,13,15-16H2,1-3H3,(H,25,29)(H2,24,26,27);1H. The first-order valence-electron chi connectivity index (χ1n) is 10.7. The molecule has 0 bridgehead atoms. The predicted octanol–water partition coefficient (Wildman–Crippen LogP) is 3.86. The summed E-state index contributed by atoms with van der Waals surface area (Å²) in [5.41, 5.74) is 1.80. The number of nitrogens with one attached hydrogen (secondary N) is 3. The van der Waals surface area contributed by atoms with Crippen molar-refractivity contribution in [1.82, 2.24) is 20.9 Å². The van der Waals surface area contributed by atoms with Gasteiger partial charge in [-0.2, -0.15) is 0 Å². The molecule has 1 aromatic carbocycles. The third-order valence-corrected chi connectivity index (χ3v) is 6.55. The molecular weight excluding hydrogens is 521 g/mol. The number of hydrogen-bond acceptors (Lipinski definition) is 4. The van der Waals surface area contributed by atoms with Crippen molar-refractivity contribution in [2.75, 3.05) is 33.7 Å². The smallest absolute Gasteiger partial charge is 0.251 e. The van der Waals surface area contributed by atoms with Crippen molar-refractivity contribution >= 4 is 47.2 Å². The molecule has 8 heteroatoms. The minimum absolute atomic E-state index is 0. The lowest BCUT2D eigenvalue weighted by Crippen LogP contribution is -2.44. The Morgan fingerprint density at radius 1 is 1.19 bits per heavy atom. The molecule has 6 nitrogen and oxygen atoms in total. The Morgan fingerprint density at radius 3 is 2.61 bits per heavy atom. The number of likely N-dealkylation sites (tertiary alicyclic amines) is 1. The quantitative estimate of drug-likeness (QED) is 0.276. The van der Waals surface area contributed by atoms with Gasteiger partial charge in [0.2, 0.25) is 0 Å². The van der Waals surface area contributed by atoms with Crippen LogP contribution in [-0.2, 0) is 6.54 Å². The molecule has 0 aliphatic carbocycles. The van der Waals surface area contributed by atoms with Gasteiger partial charge in [-0.1, -0.05) is 18.2 Å². The highest BCUT2D eigenvalue weighted by Gasteiger charge is 2.31. The summed E-state index contributed by atoms with van der Waals surface area (Å²) in [7, 11) is 4.03. The molecule has 3 rings (SSSR count). The van der Waals surface area contributed by atoms with Crippen LogP contribution in [0.25, 0.3) is 0 Å². The number of piperidine rings is 1. The van der Waals surface area contributed by atoms with E-state index in [4.69, 9.17) is 0 Å². The zero-order valence-electron chi connectivity index (χ0n) is 18.6. The number of amides is 1. The Balaban J connectivity index is 0.00000341. The minimum Gasteiger partial charge on any atom is -0.356 e. The number of benzene rings is 1. The first-order valence-corrected chi connectivity index (χ1v) is 11.6. The van der Waals surface area contributed by atoms with Crippen molar-refractivity contribution in [3.05, 3.63) is 57.8 Å². The van der Waals surface area contributed by atoms with Crippen LogP contribution in [0.1, 0.15) is 46.6 Å². The molecule has 1 aliphatic heterocycles. The first-order chi connectivity index (χ1) is 14.6. The van der Waals surface area contributed by atoms with Gasteiger partial charge in [-0.3, -0.25) is 14.7 Å². The van der Waals surface area contributed by atoms with Gasteiger partial charge in [0.05, 0.1) is 0 Å². The molecule has 2 unspecified atom stereocenters. The summed E-state index contributed by atoms with van der Waals surface area (Å²) in [5.74, 6) is 1.32. The summed E-state index contributed by atoms with van der Waals surface area (Å²) in [6.07, 6.45) is 2.45. The number of halogens is 1. The summed E-state index contributed by atoms with van der Waals surface area (Å²) in [6, 6.07) is 12.5. The average molecular weight is 556 g/mol. The van der Waals surface area contributed by atoms with Crippen molar-refractivity contribution < 1.29 is 4.79 Å². The third kappa shape index (κ3) is 7.18. The fourth-order valence-electron chi connectivity index (χ4n) is 4.05. The maximum absolute atomic E-state index is 11.9. The van der Waals surface area contributed by atoms with E-state index in [1.54, 1.807) is 7.05 Å². The SMILES string of the molecule is CCNC(=O)c1ccc(CNC(=NC)NCC2CCCN(C)C2c2cccs2)cc1.I. The lowest BCUT2D eigenvalue weighted by molar-refractivity contribution is 0.0956. The summed E-state index contributed by atoms with van der Waals surface area (Å²) in [4.78, 5) is 20.2. The molecule has 2 heterocycles. The molecule has 1 fully saturated rings. The first kappa shape index (κ1) is 25.6. The van der Waals surface area contributed by atoms with Crippen LogP contribution >= 0.6 is 35.3 Å². The van der Waals surface area contributed by atoms with Crippen LogP contribution in [0.5, 0.6) is 0 Å². The normalized spacial score (nSPS) is 19.4. The number of nitrogens with zero attached hydrogens (tertiary/aromatic N) is 2. The van der Waals surface area contributed by atoms with Crippen LogP contribution < -0.4 is 16.0 Å². The Hall–Kier alpha value is -1.65. The van der Waals surface area contributed by atoms with Crippen LogP contribution in [0.4, 0.5) is 0 Å². The fraction of sp³-hybridized carbons (Fsp3) is 0.478. The molecule has 1 aromatic heterocycles. The lowest BCUT2D eigenvalue weighted by atomic mass is 9.88. The van der Waals surface area contributed by atoms with Crippen LogP contribution in [0.2, 0.25) is 0 Å². The largest absolute Gasteiger partial charge is 0.356 e. The highest BCUT2D eigenvalue weighted by molar-refractivity contribution is 14.0. The van der Waals surface area contributed by atoms with Crippen molar-refractivity contribution in [3.8, 4) is 0 Å². The Labute approximate surface area is 206 Å². The Morgan fingerprint density at radius 2 is 1.97 bits per heavy atom. The highest BCUT2D eigenvalue weighted by atomic mass is 127. The molecule has 0 spiro atoms. The number of hydrogen-bond donors (Lipinski definition) is 3. The Bertz CT molecular complexity index is 825. The van der Waals surface area contributed by atoms with Crippen molar-refractivity contribution in [2.24, 2.45) is 10.9 Å². The summed E-state index contributed by atoms with van der Waals surface area (Å²) >= 11 is 1.85. The van der Waals surface area contributed by atoms with Gasteiger partial charge in [-0.15, -0.1) is 35.3 Å². The summed E-state index contributed by atoms with van der Waals surface area (Å²) in [6.45, 7) is 5.26. The maximum Gasteiger partial charge on any atom is 0.251 e. The Kier molecular flexibility index (Phi) is 10.8. The van der Waals surface area contributed by atoms with Crippen LogP contribution in [-0.4, -0.2) is 50.5 Å². The van der Waals surface area contributed by atoms with Crippen LogP contribution in [0, 0.1) is 5.92 Å². The van der Waals surface area contributed by atoms with Gasteiger partial charge < -0.3 is 16.0 Å². The number of aliphatic imine (C=N–C) groups is 1. The topological polar surface area (TPSA) is 68.8 Å². The van der Waals surface area contributed by atoms with Crippen LogP contribution in [0.15, 0.2) is 46.8 Å². The van der Waals surface area contributed by atoms with E-state index in [1.165, 1.54) is 17.7 Å². The van der Waals surface area contributed by atoms with Crippen molar-refractivity contribution in [3.63, 3.8) is 0 Å². The number of carbonyl (C=O) groups is 1. The molecule has 1 aliphatic rings. The van der Waals surface area contributed by atoms with E-state index < -0.39 is 0 Å². The van der Waals surface area contributed by atoms with Gasteiger partial charge in [-0.05, 0) is 68.4 Å². The molecular formula is C23H34IN5OS. The predicted molar refractivity (Wildman–Crippen MR) is 140 cm³/mol. The van der Waals surface area contributed by atoms with E-state index in [1.807, 2.05) is 42.5 Å². The van der Waals surface area contributed by atoms with E-state index in [9.17, 15) is 4.79 Å². The van der Waals surface area contributed by atoms with Gasteiger partial charge in [0.15, 0.2) is 5.96 Å². The summed E-state index contributed by atoms with van der Waals surface area (Å²) < 4.78 is 0. The fourth-order valence-corrected chi connectivity index (χ4v) is 5.04. The highest BCUT2D eigenvalue weighted by Crippen LogP contribution is 2.36. The van der Waals surface area contributed by atoms with Gasteiger partial charge >= 0.3 is 0 Å². The van der Waals surface area contributed by atoms with E-state index >= 15 is 0 Å². The average Bonchev–Trinajstić information content (AvgIpc) is 3.29. The number of rotatable bonds is 7. The monoisotopic (exact) mass is 555 g/mol. The molecule has 31 heavy (non-hydrogen) atoms. The second kappa shape index (κ2) is 13.0. The van der Waals surface area contributed by atoms with Gasteiger partial charge in [0.1, 0.15) is 0 Å². The summed E-state index contributed by atoms with van der Waals surface area (Å²) in [5, 5.41) is 11.9. The number of carbonyl (C=O) groups excluding carboxylic acids is 1.